The van der Waals surface area contributed by atoms with Crippen molar-refractivity contribution >= 4 is 17.2 Å². The minimum atomic E-state index is -0.293. The molecule has 0 saturated carbocycles. The molecule has 2 N–H and O–H groups in total. The van der Waals surface area contributed by atoms with Crippen LogP contribution in [0.5, 0.6) is 0 Å². The Labute approximate surface area is 164 Å². The van der Waals surface area contributed by atoms with Crippen LogP contribution in [-0.4, -0.2) is 35.1 Å². The van der Waals surface area contributed by atoms with Crippen molar-refractivity contribution in [1.82, 2.24) is 20.2 Å². The van der Waals surface area contributed by atoms with Gasteiger partial charge in [-0.3, -0.25) is 9.59 Å². The number of hydrogen-bond donors (Lipinski definition) is 2. The van der Waals surface area contributed by atoms with Gasteiger partial charge in [-0.2, -0.15) is 0 Å². The Bertz CT molecular complexity index is 846. The molecule has 1 atom stereocenters. The molecule has 7 heteroatoms. The zero-order chi connectivity index (χ0) is 19.4. The molecule has 0 aliphatic carbocycles. The molecule has 1 unspecified atom stereocenters. The summed E-state index contributed by atoms with van der Waals surface area (Å²) in [6, 6.07) is 1.86. The average molecular weight is 389 g/mol. The Balaban J connectivity index is 1.66. The van der Waals surface area contributed by atoms with Gasteiger partial charge < -0.3 is 15.2 Å². The van der Waals surface area contributed by atoms with Gasteiger partial charge in [0.15, 0.2) is 0 Å². The number of aromatic nitrogens is 2. The van der Waals surface area contributed by atoms with E-state index in [-0.39, 0.29) is 17.0 Å². The van der Waals surface area contributed by atoms with Crippen LogP contribution in [0.15, 0.2) is 17.1 Å². The van der Waals surface area contributed by atoms with Gasteiger partial charge in [0.25, 0.3) is 11.5 Å². The van der Waals surface area contributed by atoms with Crippen LogP contribution in [0.3, 0.4) is 0 Å². The van der Waals surface area contributed by atoms with E-state index in [1.54, 1.807) is 15.9 Å². The third kappa shape index (κ3) is 4.84. The van der Waals surface area contributed by atoms with Crippen LogP contribution in [0.1, 0.15) is 44.3 Å². The first kappa shape index (κ1) is 19.8. The molecule has 0 bridgehead atoms. The summed E-state index contributed by atoms with van der Waals surface area (Å²) in [5.74, 6) is 0.144. The normalized spacial score (nSPS) is 17.1. The monoisotopic (exact) mass is 388 g/mol. The summed E-state index contributed by atoms with van der Waals surface area (Å²) in [4.78, 5) is 31.2. The zero-order valence-electron chi connectivity index (χ0n) is 16.3. The van der Waals surface area contributed by atoms with E-state index < -0.39 is 0 Å². The second kappa shape index (κ2) is 8.80. The minimum Gasteiger partial charge on any atom is -0.351 e. The summed E-state index contributed by atoms with van der Waals surface area (Å²) >= 11 is 1.66. The van der Waals surface area contributed by atoms with E-state index in [0.717, 1.165) is 42.2 Å². The van der Waals surface area contributed by atoms with Crippen molar-refractivity contribution < 1.29 is 4.79 Å². The molecule has 6 nitrogen and oxygen atoms in total. The van der Waals surface area contributed by atoms with E-state index in [1.807, 2.05) is 33.0 Å². The Hall–Kier alpha value is -1.99. The lowest BCUT2D eigenvalue weighted by atomic mass is 9.99. The van der Waals surface area contributed by atoms with Crippen molar-refractivity contribution in [1.29, 1.82) is 0 Å². The maximum atomic E-state index is 12.9. The number of amides is 1. The smallest absolute Gasteiger partial charge is 0.263 e. The molecular weight excluding hydrogens is 360 g/mol. The first-order valence-corrected chi connectivity index (χ1v) is 10.4. The SMILES string of the molecule is Cc1ccn(CC2CCCNC2)c(=O)c1C(=O)NCCc1nc(C)c(C)s1. The third-order valence-corrected chi connectivity index (χ3v) is 6.28. The van der Waals surface area contributed by atoms with Gasteiger partial charge in [-0.15, -0.1) is 11.3 Å². The van der Waals surface area contributed by atoms with Gasteiger partial charge in [-0.1, -0.05) is 0 Å². The average Bonchev–Trinajstić information content (AvgIpc) is 2.96. The lowest BCUT2D eigenvalue weighted by Gasteiger charge is -2.23. The Kier molecular flexibility index (Phi) is 6.44. The van der Waals surface area contributed by atoms with E-state index in [4.69, 9.17) is 0 Å². The highest BCUT2D eigenvalue weighted by Crippen LogP contribution is 2.16. The molecule has 3 heterocycles. The molecule has 2 aromatic heterocycles. The second-order valence-corrected chi connectivity index (χ2v) is 8.59. The van der Waals surface area contributed by atoms with E-state index >= 15 is 0 Å². The first-order chi connectivity index (χ1) is 13.0. The summed E-state index contributed by atoms with van der Waals surface area (Å²) in [6.45, 7) is 8.96. The number of hydrogen-bond acceptors (Lipinski definition) is 5. The molecule has 3 rings (SSSR count). The van der Waals surface area contributed by atoms with Crippen LogP contribution in [0.25, 0.3) is 0 Å². The number of thiazole rings is 1. The van der Waals surface area contributed by atoms with Gasteiger partial charge in [-0.25, -0.2) is 4.98 Å². The summed E-state index contributed by atoms with van der Waals surface area (Å²) in [5, 5.41) is 7.27. The number of nitrogens with zero attached hydrogens (tertiary/aromatic N) is 2. The maximum Gasteiger partial charge on any atom is 0.263 e. The van der Waals surface area contributed by atoms with Crippen molar-refractivity contribution in [3.63, 3.8) is 0 Å². The van der Waals surface area contributed by atoms with E-state index in [1.165, 1.54) is 4.88 Å². The fourth-order valence-electron chi connectivity index (χ4n) is 3.46. The Morgan fingerprint density at radius 1 is 1.41 bits per heavy atom. The molecule has 1 aliphatic rings. The van der Waals surface area contributed by atoms with Crippen molar-refractivity contribution in [3.05, 3.63) is 49.3 Å². The van der Waals surface area contributed by atoms with Crippen molar-refractivity contribution in [2.45, 2.75) is 46.6 Å². The van der Waals surface area contributed by atoms with E-state index in [2.05, 4.69) is 15.6 Å². The van der Waals surface area contributed by atoms with Gasteiger partial charge in [0.1, 0.15) is 5.56 Å². The predicted octanol–water partition coefficient (Wildman–Crippen LogP) is 2.20. The number of pyridine rings is 1. The molecule has 1 saturated heterocycles. The Morgan fingerprint density at radius 2 is 2.22 bits per heavy atom. The third-order valence-electron chi connectivity index (χ3n) is 5.15. The lowest BCUT2D eigenvalue weighted by Crippen LogP contribution is -2.38. The molecule has 2 aromatic rings. The van der Waals surface area contributed by atoms with Crippen molar-refractivity contribution in [3.8, 4) is 0 Å². The Morgan fingerprint density at radius 3 is 2.89 bits per heavy atom. The van der Waals surface area contributed by atoms with Gasteiger partial charge in [0.05, 0.1) is 10.7 Å². The minimum absolute atomic E-state index is 0.195. The summed E-state index contributed by atoms with van der Waals surface area (Å²) < 4.78 is 1.69. The van der Waals surface area contributed by atoms with E-state index in [9.17, 15) is 9.59 Å². The molecule has 0 spiro atoms. The molecular formula is C20H28N4O2S. The lowest BCUT2D eigenvalue weighted by molar-refractivity contribution is 0.0951. The fraction of sp³-hybridized carbons (Fsp3) is 0.550. The zero-order valence-corrected chi connectivity index (χ0v) is 17.1. The molecule has 146 valence electrons. The van der Waals surface area contributed by atoms with Gasteiger partial charge in [0.2, 0.25) is 0 Å². The fourth-order valence-corrected chi connectivity index (χ4v) is 4.39. The maximum absolute atomic E-state index is 12.9. The predicted molar refractivity (Wildman–Crippen MR) is 109 cm³/mol. The van der Waals surface area contributed by atoms with Gasteiger partial charge in [0, 0.05) is 30.6 Å². The summed E-state index contributed by atoms with van der Waals surface area (Å²) in [6.07, 6.45) is 4.74. The quantitative estimate of drug-likeness (QED) is 0.795. The molecule has 27 heavy (non-hydrogen) atoms. The van der Waals surface area contributed by atoms with Crippen LogP contribution >= 0.6 is 11.3 Å². The van der Waals surface area contributed by atoms with Crippen molar-refractivity contribution in [2.24, 2.45) is 5.92 Å². The van der Waals surface area contributed by atoms with Crippen LogP contribution < -0.4 is 16.2 Å². The number of aryl methyl sites for hydroxylation is 3. The van der Waals surface area contributed by atoms with Crippen molar-refractivity contribution in [2.75, 3.05) is 19.6 Å². The van der Waals surface area contributed by atoms with Crippen LogP contribution in [0, 0.1) is 26.7 Å². The second-order valence-electron chi connectivity index (χ2n) is 7.30. The van der Waals surface area contributed by atoms with Crippen LogP contribution in [0.2, 0.25) is 0 Å². The highest BCUT2D eigenvalue weighted by atomic mass is 32.1. The molecule has 0 radical (unpaired) electrons. The number of carbonyl (C=O) groups is 1. The van der Waals surface area contributed by atoms with Crippen LogP contribution in [-0.2, 0) is 13.0 Å². The highest BCUT2D eigenvalue weighted by Gasteiger charge is 2.19. The number of piperidine rings is 1. The first-order valence-electron chi connectivity index (χ1n) is 9.57. The largest absolute Gasteiger partial charge is 0.351 e. The molecule has 1 amide bonds. The topological polar surface area (TPSA) is 76.0 Å². The highest BCUT2D eigenvalue weighted by molar-refractivity contribution is 7.11. The number of nitrogens with one attached hydrogen (secondary N) is 2. The number of carbonyl (C=O) groups excluding carboxylic acids is 1. The molecule has 1 aliphatic heterocycles. The standard InChI is InChI=1S/C20H28N4O2S/c1-13-7-10-24(12-16-5-4-8-21-11-16)20(26)18(13)19(25)22-9-6-17-23-14(2)15(3)27-17/h7,10,16,21H,4-6,8-9,11-12H2,1-3H3,(H,22,25). The van der Waals surface area contributed by atoms with E-state index in [0.29, 0.717) is 25.4 Å². The van der Waals surface area contributed by atoms with Gasteiger partial charge in [-0.05, 0) is 64.3 Å². The summed E-state index contributed by atoms with van der Waals surface area (Å²) in [5.41, 5.74) is 1.82. The van der Waals surface area contributed by atoms with Gasteiger partial charge >= 0.3 is 0 Å². The van der Waals surface area contributed by atoms with Crippen LogP contribution in [0.4, 0.5) is 0 Å². The molecule has 0 aromatic carbocycles. The molecule has 1 fully saturated rings. The number of rotatable bonds is 6. The summed E-state index contributed by atoms with van der Waals surface area (Å²) in [7, 11) is 0.